The Bertz CT molecular complexity index is 102. The molecule has 0 aromatic carbocycles. The van der Waals surface area contributed by atoms with Crippen LogP contribution in [0.2, 0.25) is 13.1 Å². The molecule has 0 spiro atoms. The molecule has 54 valence electrons. The van der Waals surface area contributed by atoms with Gasteiger partial charge in [0.1, 0.15) is 0 Å². The van der Waals surface area contributed by atoms with Gasteiger partial charge < -0.3 is 8.85 Å². The van der Waals surface area contributed by atoms with Crippen molar-refractivity contribution in [1.29, 1.82) is 0 Å². The molecule has 3 heteroatoms. The molecule has 0 aliphatic carbocycles. The second-order valence-electron chi connectivity index (χ2n) is 3.05. The zero-order valence-corrected chi connectivity index (χ0v) is 7.47. The van der Waals surface area contributed by atoms with Gasteiger partial charge in [-0.2, -0.15) is 0 Å². The van der Waals surface area contributed by atoms with Crippen molar-refractivity contribution in [2.45, 2.75) is 39.1 Å². The van der Waals surface area contributed by atoms with Gasteiger partial charge in [0, 0.05) is 0 Å². The highest BCUT2D eigenvalue weighted by atomic mass is 28.4. The Hall–Kier alpha value is 0.137. The largest absolute Gasteiger partial charge is 0.389 e. The molecule has 1 aliphatic rings. The van der Waals surface area contributed by atoms with E-state index in [-0.39, 0.29) is 0 Å². The first-order valence-electron chi connectivity index (χ1n) is 3.37. The van der Waals surface area contributed by atoms with E-state index in [9.17, 15) is 0 Å². The fourth-order valence-electron chi connectivity index (χ4n) is 1.11. The van der Waals surface area contributed by atoms with Crippen LogP contribution in [-0.4, -0.2) is 20.8 Å². The molecule has 0 saturated carbocycles. The zero-order chi connectivity index (χ0) is 7.07. The van der Waals surface area contributed by atoms with Crippen molar-refractivity contribution in [3.8, 4) is 0 Å². The van der Waals surface area contributed by atoms with Crippen molar-refractivity contribution >= 4 is 8.56 Å². The highest BCUT2D eigenvalue weighted by Crippen LogP contribution is 2.23. The minimum absolute atomic E-state index is 0.298. The average molecular weight is 146 g/mol. The summed E-state index contributed by atoms with van der Waals surface area (Å²) in [7, 11) is -1.67. The van der Waals surface area contributed by atoms with Gasteiger partial charge in [0.15, 0.2) is 0 Å². The average Bonchev–Trinajstić information content (AvgIpc) is 1.79. The third-order valence-corrected chi connectivity index (χ3v) is 3.48. The first-order chi connectivity index (χ1) is 4.01. The van der Waals surface area contributed by atoms with Crippen LogP contribution in [0.25, 0.3) is 0 Å². The maximum Gasteiger partial charge on any atom is 0.332 e. The second-order valence-corrected chi connectivity index (χ2v) is 6.32. The molecular formula is C6H14O2Si. The summed E-state index contributed by atoms with van der Waals surface area (Å²) in [4.78, 5) is 0. The minimum Gasteiger partial charge on any atom is -0.389 e. The van der Waals surface area contributed by atoms with Crippen molar-refractivity contribution in [1.82, 2.24) is 0 Å². The third kappa shape index (κ3) is 1.53. The first-order valence-corrected chi connectivity index (χ1v) is 6.18. The van der Waals surface area contributed by atoms with Gasteiger partial charge in [-0.05, 0) is 26.9 Å². The number of rotatable bonds is 0. The van der Waals surface area contributed by atoms with E-state index in [1.54, 1.807) is 0 Å². The van der Waals surface area contributed by atoms with Crippen LogP contribution in [0, 0.1) is 0 Å². The normalized spacial score (nSPS) is 41.3. The first kappa shape index (κ1) is 7.25. The lowest BCUT2D eigenvalue weighted by Crippen LogP contribution is -2.27. The second kappa shape index (κ2) is 2.07. The molecule has 2 unspecified atom stereocenters. The smallest absolute Gasteiger partial charge is 0.332 e. The summed E-state index contributed by atoms with van der Waals surface area (Å²) in [6, 6.07) is 0. The summed E-state index contributed by atoms with van der Waals surface area (Å²) in [6.45, 7) is 8.28. The summed E-state index contributed by atoms with van der Waals surface area (Å²) in [5.41, 5.74) is 0. The lowest BCUT2D eigenvalue weighted by molar-refractivity contribution is 0.187. The Morgan fingerprint density at radius 2 is 1.33 bits per heavy atom. The predicted octanol–water partition coefficient (Wildman–Crippen LogP) is 1.51. The SMILES string of the molecule is CC1O[Si](C)(C)OC1C. The van der Waals surface area contributed by atoms with Crippen molar-refractivity contribution in [3.05, 3.63) is 0 Å². The standard InChI is InChI=1S/C6H14O2Si/c1-5-6(2)8-9(3,4)7-5/h5-6H,1-4H3. The molecule has 0 aromatic heterocycles. The van der Waals surface area contributed by atoms with Gasteiger partial charge in [0.05, 0.1) is 12.2 Å². The zero-order valence-electron chi connectivity index (χ0n) is 6.47. The maximum atomic E-state index is 5.58. The summed E-state index contributed by atoms with van der Waals surface area (Å²) >= 11 is 0. The molecule has 1 heterocycles. The molecule has 9 heavy (non-hydrogen) atoms. The minimum atomic E-state index is -1.67. The lowest BCUT2D eigenvalue weighted by Gasteiger charge is -2.11. The topological polar surface area (TPSA) is 18.5 Å². The molecule has 0 bridgehead atoms. The van der Waals surface area contributed by atoms with Gasteiger partial charge in [-0.15, -0.1) is 0 Å². The molecule has 0 aromatic rings. The fourth-order valence-corrected chi connectivity index (χ4v) is 3.34. The molecule has 1 aliphatic heterocycles. The van der Waals surface area contributed by atoms with Crippen LogP contribution in [0.4, 0.5) is 0 Å². The van der Waals surface area contributed by atoms with Gasteiger partial charge in [-0.25, -0.2) is 0 Å². The molecule has 0 amide bonds. The molecular weight excluding hydrogens is 132 g/mol. The van der Waals surface area contributed by atoms with Crippen molar-refractivity contribution in [2.24, 2.45) is 0 Å². The van der Waals surface area contributed by atoms with E-state index < -0.39 is 8.56 Å². The molecule has 2 nitrogen and oxygen atoms in total. The van der Waals surface area contributed by atoms with Crippen molar-refractivity contribution < 1.29 is 8.85 Å². The fraction of sp³-hybridized carbons (Fsp3) is 1.00. The van der Waals surface area contributed by atoms with Gasteiger partial charge in [0.2, 0.25) is 0 Å². The van der Waals surface area contributed by atoms with Crippen LogP contribution < -0.4 is 0 Å². The van der Waals surface area contributed by atoms with Crippen LogP contribution in [0.15, 0.2) is 0 Å². The van der Waals surface area contributed by atoms with E-state index in [1.165, 1.54) is 0 Å². The molecule has 1 fully saturated rings. The monoisotopic (exact) mass is 146 g/mol. The molecule has 1 rings (SSSR count). The number of hydrogen-bond acceptors (Lipinski definition) is 2. The van der Waals surface area contributed by atoms with Crippen molar-refractivity contribution in [3.63, 3.8) is 0 Å². The molecule has 2 atom stereocenters. The van der Waals surface area contributed by atoms with Crippen molar-refractivity contribution in [2.75, 3.05) is 0 Å². The molecule has 0 radical (unpaired) electrons. The highest BCUT2D eigenvalue weighted by Gasteiger charge is 2.38. The van der Waals surface area contributed by atoms with E-state index in [2.05, 4.69) is 26.9 Å². The molecule has 1 saturated heterocycles. The Labute approximate surface area is 57.4 Å². The van der Waals surface area contributed by atoms with Crippen LogP contribution in [-0.2, 0) is 8.85 Å². The van der Waals surface area contributed by atoms with E-state index in [0.717, 1.165) is 0 Å². The van der Waals surface area contributed by atoms with Crippen LogP contribution >= 0.6 is 0 Å². The Morgan fingerprint density at radius 3 is 1.44 bits per heavy atom. The van der Waals surface area contributed by atoms with E-state index in [4.69, 9.17) is 8.85 Å². The van der Waals surface area contributed by atoms with Gasteiger partial charge in [-0.3, -0.25) is 0 Å². The predicted molar refractivity (Wildman–Crippen MR) is 38.6 cm³/mol. The summed E-state index contributed by atoms with van der Waals surface area (Å²) in [6.07, 6.45) is 0.596. The summed E-state index contributed by atoms with van der Waals surface area (Å²) in [5.74, 6) is 0. The lowest BCUT2D eigenvalue weighted by atomic mass is 10.3. The summed E-state index contributed by atoms with van der Waals surface area (Å²) < 4.78 is 11.2. The van der Waals surface area contributed by atoms with Crippen LogP contribution in [0.1, 0.15) is 13.8 Å². The third-order valence-electron chi connectivity index (χ3n) is 1.60. The Kier molecular flexibility index (Phi) is 1.67. The van der Waals surface area contributed by atoms with Gasteiger partial charge >= 0.3 is 8.56 Å². The van der Waals surface area contributed by atoms with Crippen LogP contribution in [0.3, 0.4) is 0 Å². The molecule has 0 N–H and O–H groups in total. The summed E-state index contributed by atoms with van der Waals surface area (Å²) in [5, 5.41) is 0. The maximum absolute atomic E-state index is 5.58. The Morgan fingerprint density at radius 1 is 1.00 bits per heavy atom. The van der Waals surface area contributed by atoms with E-state index in [1.807, 2.05) is 0 Å². The van der Waals surface area contributed by atoms with Gasteiger partial charge in [-0.1, -0.05) is 0 Å². The van der Waals surface area contributed by atoms with E-state index in [0.29, 0.717) is 12.2 Å². The van der Waals surface area contributed by atoms with Gasteiger partial charge in [0.25, 0.3) is 0 Å². The van der Waals surface area contributed by atoms with E-state index >= 15 is 0 Å². The van der Waals surface area contributed by atoms with Crippen LogP contribution in [0.5, 0.6) is 0 Å². The highest BCUT2D eigenvalue weighted by molar-refractivity contribution is 6.65. The number of hydrogen-bond donors (Lipinski definition) is 0. The quantitative estimate of drug-likeness (QED) is 0.482. The Balaban J connectivity index is 2.54.